The number of nitrogens with one attached hydrogen (secondary N) is 1. The Morgan fingerprint density at radius 1 is 1.16 bits per heavy atom. The Morgan fingerprint density at radius 2 is 1.95 bits per heavy atom. The van der Waals surface area contributed by atoms with Crippen LogP contribution >= 0.6 is 11.6 Å². The summed E-state index contributed by atoms with van der Waals surface area (Å²) in [6, 6.07) is 9.12. The van der Waals surface area contributed by atoms with Crippen molar-refractivity contribution in [1.29, 1.82) is 0 Å². The van der Waals surface area contributed by atoms with Crippen molar-refractivity contribution >= 4 is 11.6 Å². The highest BCUT2D eigenvalue weighted by atomic mass is 35.5. The molecule has 0 aromatic heterocycles. The van der Waals surface area contributed by atoms with Crippen LogP contribution in [0.2, 0.25) is 5.02 Å². The Hall–Kier alpha value is -0.530. The van der Waals surface area contributed by atoms with Gasteiger partial charge in [0.1, 0.15) is 0 Å². The Labute approximate surface area is 121 Å². The van der Waals surface area contributed by atoms with Gasteiger partial charge >= 0.3 is 0 Å². The maximum absolute atomic E-state index is 6.29. The minimum atomic E-state index is 0.336. The molecule has 1 nitrogen and oxygen atoms in total. The van der Waals surface area contributed by atoms with E-state index < -0.39 is 0 Å². The first-order chi connectivity index (χ1) is 9.15. The van der Waals surface area contributed by atoms with Crippen molar-refractivity contribution in [2.75, 3.05) is 0 Å². The number of benzene rings is 1. The van der Waals surface area contributed by atoms with Crippen LogP contribution in [0.15, 0.2) is 24.3 Å². The monoisotopic (exact) mass is 277 g/mol. The van der Waals surface area contributed by atoms with Gasteiger partial charge in [0.15, 0.2) is 0 Å². The lowest BCUT2D eigenvalue weighted by molar-refractivity contribution is 0.248. The van der Waals surface area contributed by atoms with E-state index in [1.165, 1.54) is 31.2 Å². The van der Waals surface area contributed by atoms with Crippen LogP contribution in [0.25, 0.3) is 0 Å². The molecule has 0 saturated heterocycles. The van der Waals surface area contributed by atoms with E-state index >= 15 is 0 Å². The minimum absolute atomic E-state index is 0.336. The van der Waals surface area contributed by atoms with Gasteiger partial charge < -0.3 is 5.32 Å². The molecule has 19 heavy (non-hydrogen) atoms. The minimum Gasteiger partial charge on any atom is -0.307 e. The summed E-state index contributed by atoms with van der Waals surface area (Å²) in [5, 5.41) is 4.66. The number of hydrogen-bond acceptors (Lipinski definition) is 1. The van der Waals surface area contributed by atoms with Crippen LogP contribution in [0.4, 0.5) is 0 Å². The van der Waals surface area contributed by atoms with Crippen molar-refractivity contribution in [3.8, 4) is 0 Å². The number of hydrogen-bond donors (Lipinski definition) is 1. The van der Waals surface area contributed by atoms with E-state index in [0.717, 1.165) is 22.8 Å². The van der Waals surface area contributed by atoms with Crippen LogP contribution < -0.4 is 5.32 Å². The number of halogens is 1. The van der Waals surface area contributed by atoms with Gasteiger partial charge in [-0.05, 0) is 62.5 Å². The fourth-order valence-electron chi connectivity index (χ4n) is 4.34. The summed E-state index contributed by atoms with van der Waals surface area (Å²) in [7, 11) is 0. The van der Waals surface area contributed by atoms with Crippen LogP contribution in [-0.4, -0.2) is 6.04 Å². The molecule has 1 aromatic carbocycles. The van der Waals surface area contributed by atoms with Crippen molar-refractivity contribution in [1.82, 2.24) is 5.32 Å². The third-order valence-corrected chi connectivity index (χ3v) is 5.66. The zero-order chi connectivity index (χ0) is 13.4. The lowest BCUT2D eigenvalue weighted by Crippen LogP contribution is -2.37. The molecule has 3 rings (SSSR count). The lowest BCUT2D eigenvalue weighted by Gasteiger charge is -2.31. The molecule has 0 aliphatic heterocycles. The molecule has 1 N–H and O–H groups in total. The van der Waals surface area contributed by atoms with Crippen LogP contribution in [0.3, 0.4) is 0 Å². The van der Waals surface area contributed by atoms with Crippen molar-refractivity contribution in [3.05, 3.63) is 34.9 Å². The first-order valence-corrected chi connectivity index (χ1v) is 8.03. The Bertz CT molecular complexity index is 445. The third-order valence-electron chi connectivity index (χ3n) is 5.32. The van der Waals surface area contributed by atoms with E-state index in [-0.39, 0.29) is 0 Å². The van der Waals surface area contributed by atoms with Crippen molar-refractivity contribution in [2.45, 2.75) is 51.6 Å². The summed E-state index contributed by atoms with van der Waals surface area (Å²) in [5.41, 5.74) is 1.22. The van der Waals surface area contributed by atoms with Crippen LogP contribution in [0.5, 0.6) is 0 Å². The van der Waals surface area contributed by atoms with E-state index in [9.17, 15) is 0 Å². The molecule has 104 valence electrons. The molecule has 2 heteroatoms. The van der Waals surface area contributed by atoms with Gasteiger partial charge in [0.25, 0.3) is 0 Å². The average molecular weight is 278 g/mol. The largest absolute Gasteiger partial charge is 0.307 e. The molecule has 2 aliphatic carbocycles. The highest BCUT2D eigenvalue weighted by Gasteiger charge is 2.41. The van der Waals surface area contributed by atoms with Crippen LogP contribution in [-0.2, 0) is 0 Å². The molecule has 2 bridgehead atoms. The van der Waals surface area contributed by atoms with Gasteiger partial charge in [0, 0.05) is 17.1 Å². The molecule has 2 aliphatic rings. The second-order valence-corrected chi connectivity index (χ2v) is 6.94. The van der Waals surface area contributed by atoms with Crippen LogP contribution in [0.1, 0.15) is 51.1 Å². The molecule has 0 heterocycles. The molecule has 1 aromatic rings. The Balaban J connectivity index is 1.63. The smallest absolute Gasteiger partial charge is 0.0453 e. The van der Waals surface area contributed by atoms with Gasteiger partial charge in [-0.1, -0.05) is 36.2 Å². The fourth-order valence-corrected chi connectivity index (χ4v) is 4.64. The van der Waals surface area contributed by atoms with Crippen LogP contribution in [0, 0.1) is 17.8 Å². The molecule has 0 radical (unpaired) electrons. The molecule has 5 unspecified atom stereocenters. The van der Waals surface area contributed by atoms with Gasteiger partial charge in [0.2, 0.25) is 0 Å². The van der Waals surface area contributed by atoms with Gasteiger partial charge in [0.05, 0.1) is 0 Å². The second-order valence-electron chi connectivity index (χ2n) is 6.54. The maximum atomic E-state index is 6.29. The van der Waals surface area contributed by atoms with E-state index in [2.05, 4.69) is 31.3 Å². The quantitative estimate of drug-likeness (QED) is 0.832. The molecule has 2 saturated carbocycles. The second kappa shape index (κ2) is 5.46. The van der Waals surface area contributed by atoms with Gasteiger partial charge in [-0.25, -0.2) is 0 Å². The summed E-state index contributed by atoms with van der Waals surface area (Å²) in [6.07, 6.45) is 5.86. The zero-order valence-corrected chi connectivity index (χ0v) is 12.7. The summed E-state index contributed by atoms with van der Waals surface area (Å²) in [4.78, 5) is 0. The highest BCUT2D eigenvalue weighted by molar-refractivity contribution is 6.31. The summed E-state index contributed by atoms with van der Waals surface area (Å²) in [5.74, 6) is 2.88. The Morgan fingerprint density at radius 3 is 2.58 bits per heavy atom. The predicted octanol–water partition coefficient (Wildman–Crippen LogP) is 4.82. The molecule has 5 atom stereocenters. The first kappa shape index (κ1) is 13.5. The van der Waals surface area contributed by atoms with E-state index in [0.29, 0.717) is 12.1 Å². The van der Waals surface area contributed by atoms with Crippen molar-refractivity contribution < 1.29 is 0 Å². The van der Waals surface area contributed by atoms with Crippen molar-refractivity contribution in [2.24, 2.45) is 17.8 Å². The zero-order valence-electron chi connectivity index (χ0n) is 11.9. The summed E-state index contributed by atoms with van der Waals surface area (Å²) >= 11 is 6.29. The van der Waals surface area contributed by atoms with Gasteiger partial charge in [-0.15, -0.1) is 0 Å². The average Bonchev–Trinajstić information content (AvgIpc) is 3.01. The summed E-state index contributed by atoms with van der Waals surface area (Å²) in [6.45, 7) is 4.59. The Kier molecular flexibility index (Phi) is 3.86. The lowest BCUT2D eigenvalue weighted by atomic mass is 9.83. The van der Waals surface area contributed by atoms with E-state index in [4.69, 9.17) is 11.6 Å². The highest BCUT2D eigenvalue weighted by Crippen LogP contribution is 2.49. The normalized spacial score (nSPS) is 32.5. The third kappa shape index (κ3) is 2.68. The van der Waals surface area contributed by atoms with Gasteiger partial charge in [-0.2, -0.15) is 0 Å². The van der Waals surface area contributed by atoms with E-state index in [1.54, 1.807) is 0 Å². The molecule has 0 spiro atoms. The van der Waals surface area contributed by atoms with Gasteiger partial charge in [-0.3, -0.25) is 0 Å². The summed E-state index contributed by atoms with van der Waals surface area (Å²) < 4.78 is 0. The molecule has 2 fully saturated rings. The van der Waals surface area contributed by atoms with E-state index in [1.807, 2.05) is 12.1 Å². The first-order valence-electron chi connectivity index (χ1n) is 7.65. The fraction of sp³-hybridized carbons (Fsp3) is 0.647. The number of rotatable bonds is 4. The maximum Gasteiger partial charge on any atom is 0.0453 e. The number of fused-ring (bicyclic) bond motifs is 2. The SMILES string of the molecule is CC(NC(C)C1CC2CCC1C2)c1ccccc1Cl. The topological polar surface area (TPSA) is 12.0 Å². The standard InChI is InChI=1S/C17H24ClN/c1-11(15-5-3-4-6-17(15)18)19-12(2)16-10-13-7-8-14(16)9-13/h3-6,11-14,16,19H,7-10H2,1-2H3. The molecular weight excluding hydrogens is 254 g/mol. The predicted molar refractivity (Wildman–Crippen MR) is 81.4 cm³/mol. The molecular formula is C17H24ClN. The van der Waals surface area contributed by atoms with Crippen molar-refractivity contribution in [3.63, 3.8) is 0 Å². The molecule has 0 amide bonds.